The molecule has 0 saturated heterocycles. The smallest absolute Gasteiger partial charge is 0.323 e. The first-order valence-corrected chi connectivity index (χ1v) is 15.3. The van der Waals surface area contributed by atoms with Gasteiger partial charge in [-0.3, -0.25) is 14.4 Å². The number of carboxylic acid groups (broad SMARTS) is 1. The second-order valence-electron chi connectivity index (χ2n) is 13.6. The van der Waals surface area contributed by atoms with Gasteiger partial charge in [-0.1, -0.05) is 63.6 Å². The molecule has 3 aliphatic rings. The number of benzene rings is 2. The van der Waals surface area contributed by atoms with E-state index >= 15 is 0 Å². The Labute approximate surface area is 264 Å². The molecule has 2 aliphatic carbocycles. The molecule has 0 atom stereocenters. The van der Waals surface area contributed by atoms with Crippen molar-refractivity contribution in [3.05, 3.63) is 93.3 Å². The van der Waals surface area contributed by atoms with Crippen molar-refractivity contribution in [3.63, 3.8) is 0 Å². The Morgan fingerprint density at radius 3 is 2.16 bits per heavy atom. The van der Waals surface area contributed by atoms with E-state index in [4.69, 9.17) is 21.1 Å². The van der Waals surface area contributed by atoms with E-state index in [9.17, 15) is 19.5 Å². The standard InChI is InChI=1S/C36H40ClNO6/c1-7-9-22-13-23(14-29(43-6)34(22)44-20-21-10-8-11-24(37)12-21)31-32-25(15-35(2,3)17-27(32)39)38(19-30(41)42)26-16-36(4,5)18-28(40)33(26)31/h7-8,10-14,31H,1,9,15-20H2,2-6H3,(H,41,42). The number of allylic oxidation sites excluding steroid dienone is 5. The van der Waals surface area contributed by atoms with Crippen molar-refractivity contribution >= 4 is 29.1 Å². The molecule has 0 aromatic heterocycles. The van der Waals surface area contributed by atoms with Gasteiger partial charge < -0.3 is 19.5 Å². The van der Waals surface area contributed by atoms with E-state index in [0.717, 1.165) is 16.7 Å². The monoisotopic (exact) mass is 617 g/mol. The highest BCUT2D eigenvalue weighted by atomic mass is 35.5. The number of methoxy groups -OCH3 is 1. The summed E-state index contributed by atoms with van der Waals surface area (Å²) in [4.78, 5) is 42.0. The van der Waals surface area contributed by atoms with E-state index < -0.39 is 11.9 Å². The number of carboxylic acids is 1. The first-order chi connectivity index (χ1) is 20.7. The van der Waals surface area contributed by atoms with E-state index in [0.29, 0.717) is 71.2 Å². The van der Waals surface area contributed by atoms with Gasteiger partial charge in [0.2, 0.25) is 0 Å². The van der Waals surface area contributed by atoms with Gasteiger partial charge in [-0.25, -0.2) is 0 Å². The predicted octanol–water partition coefficient (Wildman–Crippen LogP) is 7.43. The third-order valence-electron chi connectivity index (χ3n) is 8.66. The van der Waals surface area contributed by atoms with Crippen LogP contribution in [0.1, 0.15) is 76.0 Å². The van der Waals surface area contributed by atoms with Gasteiger partial charge in [-0.2, -0.15) is 0 Å². The summed E-state index contributed by atoms with van der Waals surface area (Å²) in [5.41, 5.74) is 4.16. The SMILES string of the molecule is C=CCc1cc(C2C3=C(CC(C)(C)CC3=O)N(CC(=O)O)C3=C2C(=O)CC(C)(C)C3)cc(OC)c1OCc1cccc(Cl)c1. The summed E-state index contributed by atoms with van der Waals surface area (Å²) < 4.78 is 12.2. The topological polar surface area (TPSA) is 93.1 Å². The Morgan fingerprint density at radius 2 is 1.64 bits per heavy atom. The molecule has 0 bridgehead atoms. The maximum absolute atomic E-state index is 14.0. The predicted molar refractivity (Wildman–Crippen MR) is 170 cm³/mol. The summed E-state index contributed by atoms with van der Waals surface area (Å²) in [7, 11) is 1.57. The normalized spacial score (nSPS) is 19.5. The van der Waals surface area contributed by atoms with Crippen molar-refractivity contribution in [1.29, 1.82) is 0 Å². The fourth-order valence-electron chi connectivity index (χ4n) is 6.96. The van der Waals surface area contributed by atoms with Crippen LogP contribution in [0.3, 0.4) is 0 Å². The Balaban J connectivity index is 1.71. The van der Waals surface area contributed by atoms with Crippen LogP contribution in [0.4, 0.5) is 0 Å². The van der Waals surface area contributed by atoms with Gasteiger partial charge in [0.15, 0.2) is 23.1 Å². The summed E-state index contributed by atoms with van der Waals surface area (Å²) in [6, 6.07) is 11.3. The fourth-order valence-corrected chi connectivity index (χ4v) is 7.18. The lowest BCUT2D eigenvalue weighted by Gasteiger charge is -2.48. The molecular formula is C36H40ClNO6. The van der Waals surface area contributed by atoms with Crippen molar-refractivity contribution in [2.24, 2.45) is 10.8 Å². The largest absolute Gasteiger partial charge is 0.493 e. The Kier molecular flexibility index (Phi) is 8.56. The van der Waals surface area contributed by atoms with Gasteiger partial charge in [-0.15, -0.1) is 6.58 Å². The van der Waals surface area contributed by atoms with Crippen LogP contribution in [0.15, 0.2) is 71.6 Å². The number of ether oxygens (including phenoxy) is 2. The van der Waals surface area contributed by atoms with Crippen molar-refractivity contribution in [2.45, 2.75) is 72.3 Å². The first-order valence-electron chi connectivity index (χ1n) is 14.9. The van der Waals surface area contributed by atoms with Gasteiger partial charge in [0, 0.05) is 51.9 Å². The number of hydrogen-bond donors (Lipinski definition) is 1. The Hall–Kier alpha value is -3.84. The fraction of sp³-hybridized carbons (Fsp3) is 0.417. The van der Waals surface area contributed by atoms with Crippen LogP contribution >= 0.6 is 11.6 Å². The molecule has 1 heterocycles. The van der Waals surface area contributed by atoms with Crippen LogP contribution in [-0.2, 0) is 27.4 Å². The van der Waals surface area contributed by atoms with Crippen LogP contribution < -0.4 is 9.47 Å². The molecule has 44 heavy (non-hydrogen) atoms. The lowest BCUT2D eigenvalue weighted by Crippen LogP contribution is -2.45. The van der Waals surface area contributed by atoms with Crippen molar-refractivity contribution in [3.8, 4) is 11.5 Å². The summed E-state index contributed by atoms with van der Waals surface area (Å²) in [5.74, 6) is -0.750. The molecule has 1 aliphatic heterocycles. The Morgan fingerprint density at radius 1 is 1.02 bits per heavy atom. The van der Waals surface area contributed by atoms with Gasteiger partial charge in [0.05, 0.1) is 7.11 Å². The number of nitrogens with zero attached hydrogens (tertiary/aromatic N) is 1. The molecule has 0 unspecified atom stereocenters. The van der Waals surface area contributed by atoms with E-state index in [2.05, 4.69) is 6.58 Å². The number of carbonyl (C=O) groups excluding carboxylic acids is 2. The second-order valence-corrected chi connectivity index (χ2v) is 14.1. The molecule has 0 fully saturated rings. The lowest BCUT2D eigenvalue weighted by molar-refractivity contribution is -0.138. The third-order valence-corrected chi connectivity index (χ3v) is 8.89. The van der Waals surface area contributed by atoms with Crippen molar-refractivity contribution < 1.29 is 29.0 Å². The third kappa shape index (κ3) is 6.20. The average molecular weight is 618 g/mol. The quantitative estimate of drug-likeness (QED) is 0.293. The summed E-state index contributed by atoms with van der Waals surface area (Å²) >= 11 is 6.19. The summed E-state index contributed by atoms with van der Waals surface area (Å²) in [6.07, 6.45) is 3.92. The molecule has 0 saturated carbocycles. The lowest BCUT2D eigenvalue weighted by atomic mass is 9.63. The highest BCUT2D eigenvalue weighted by Gasteiger charge is 2.49. The highest BCUT2D eigenvalue weighted by molar-refractivity contribution is 6.30. The van der Waals surface area contributed by atoms with Crippen LogP contribution in [0.25, 0.3) is 0 Å². The van der Waals surface area contributed by atoms with Crippen LogP contribution in [0.5, 0.6) is 11.5 Å². The minimum Gasteiger partial charge on any atom is -0.493 e. The second kappa shape index (κ2) is 11.9. The summed E-state index contributed by atoms with van der Waals surface area (Å²) in [5, 5.41) is 10.6. The zero-order valence-electron chi connectivity index (χ0n) is 26.1. The molecule has 7 nitrogen and oxygen atoms in total. The van der Waals surface area contributed by atoms with E-state index in [-0.39, 0.29) is 35.5 Å². The number of carbonyl (C=O) groups is 3. The first kappa shape index (κ1) is 31.6. The molecule has 2 aromatic rings. The minimum atomic E-state index is -1.01. The number of rotatable bonds is 9. The number of ketones is 2. The highest BCUT2D eigenvalue weighted by Crippen LogP contribution is 2.55. The Bertz CT molecular complexity index is 1560. The molecule has 0 radical (unpaired) electrons. The van der Waals surface area contributed by atoms with Gasteiger partial charge in [-0.05, 0) is 59.4 Å². The summed E-state index contributed by atoms with van der Waals surface area (Å²) in [6.45, 7) is 12.0. The van der Waals surface area contributed by atoms with E-state index in [1.54, 1.807) is 24.2 Å². The van der Waals surface area contributed by atoms with Crippen LogP contribution in [-0.4, -0.2) is 41.2 Å². The average Bonchev–Trinajstić information content (AvgIpc) is 2.91. The zero-order valence-corrected chi connectivity index (χ0v) is 26.8. The van der Waals surface area contributed by atoms with E-state index in [1.807, 2.05) is 58.0 Å². The molecular weight excluding hydrogens is 578 g/mol. The van der Waals surface area contributed by atoms with Crippen LogP contribution in [0.2, 0.25) is 5.02 Å². The van der Waals surface area contributed by atoms with Gasteiger partial charge in [0.25, 0.3) is 0 Å². The van der Waals surface area contributed by atoms with E-state index in [1.165, 1.54) is 0 Å². The van der Waals surface area contributed by atoms with Gasteiger partial charge >= 0.3 is 5.97 Å². The minimum absolute atomic E-state index is 0.0636. The van der Waals surface area contributed by atoms with Crippen molar-refractivity contribution in [1.82, 2.24) is 4.90 Å². The number of aliphatic carboxylic acids is 1. The molecule has 5 rings (SSSR count). The molecule has 8 heteroatoms. The molecule has 0 amide bonds. The molecule has 232 valence electrons. The van der Waals surface area contributed by atoms with Crippen LogP contribution in [0, 0.1) is 10.8 Å². The molecule has 0 spiro atoms. The number of halogens is 1. The maximum atomic E-state index is 14.0. The zero-order chi connectivity index (χ0) is 32.0. The number of Topliss-reactive ketones (excluding diaryl/α,β-unsaturated/α-hetero) is 2. The number of hydrogen-bond acceptors (Lipinski definition) is 6. The molecule has 1 N–H and O–H groups in total. The maximum Gasteiger partial charge on any atom is 0.323 e. The van der Waals surface area contributed by atoms with Crippen molar-refractivity contribution in [2.75, 3.05) is 13.7 Å². The van der Waals surface area contributed by atoms with Gasteiger partial charge in [0.1, 0.15) is 13.2 Å². The molecule has 2 aromatic carbocycles.